The summed E-state index contributed by atoms with van der Waals surface area (Å²) in [7, 11) is 0. The van der Waals surface area contributed by atoms with E-state index in [9.17, 15) is 24.8 Å². The molecule has 9 heteroatoms. The third-order valence-electron chi connectivity index (χ3n) is 5.43. The van der Waals surface area contributed by atoms with E-state index in [0.717, 1.165) is 19.5 Å². The lowest BCUT2D eigenvalue weighted by molar-refractivity contribution is -0.384. The van der Waals surface area contributed by atoms with Crippen LogP contribution in [-0.2, 0) is 9.53 Å². The maximum atomic E-state index is 12.6. The molecule has 0 aliphatic carbocycles. The summed E-state index contributed by atoms with van der Waals surface area (Å²) in [6, 6.07) is 4.31. The van der Waals surface area contributed by atoms with Crippen LogP contribution >= 0.6 is 0 Å². The quantitative estimate of drug-likeness (QED) is 0.582. The largest absolute Gasteiger partial charge is 0.479 e. The SMILES string of the molecule is CC1CC(C)CN(c2ccc(C(=O)NC3(C(=O)O)CCOC3)cc2[N+](=O)[O-])C1. The number of amides is 1. The molecule has 152 valence electrons. The molecule has 9 nitrogen and oxygen atoms in total. The number of benzene rings is 1. The van der Waals surface area contributed by atoms with Crippen LogP contribution in [-0.4, -0.2) is 53.7 Å². The minimum atomic E-state index is -1.50. The predicted molar refractivity (Wildman–Crippen MR) is 102 cm³/mol. The Labute approximate surface area is 162 Å². The fraction of sp³-hybridized carbons (Fsp3) is 0.579. The second-order valence-electron chi connectivity index (χ2n) is 7.96. The van der Waals surface area contributed by atoms with Crippen LogP contribution in [0.3, 0.4) is 0 Å². The molecular formula is C19H25N3O6. The van der Waals surface area contributed by atoms with Gasteiger partial charge in [0, 0.05) is 37.7 Å². The third-order valence-corrected chi connectivity index (χ3v) is 5.43. The van der Waals surface area contributed by atoms with E-state index in [1.807, 2.05) is 4.90 Å². The van der Waals surface area contributed by atoms with Gasteiger partial charge in [0.1, 0.15) is 5.69 Å². The van der Waals surface area contributed by atoms with Crippen LogP contribution in [0.5, 0.6) is 0 Å². The molecule has 0 aromatic heterocycles. The van der Waals surface area contributed by atoms with Crippen molar-refractivity contribution < 1.29 is 24.4 Å². The van der Waals surface area contributed by atoms with E-state index in [0.29, 0.717) is 17.5 Å². The molecule has 2 N–H and O–H groups in total. The van der Waals surface area contributed by atoms with Crippen molar-refractivity contribution in [1.82, 2.24) is 5.32 Å². The molecule has 3 rings (SSSR count). The number of aliphatic carboxylic acids is 1. The Morgan fingerprint density at radius 2 is 2.00 bits per heavy atom. The maximum Gasteiger partial charge on any atom is 0.331 e. The average Bonchev–Trinajstić information content (AvgIpc) is 3.10. The average molecular weight is 391 g/mol. The number of ether oxygens (including phenoxy) is 1. The molecule has 0 spiro atoms. The number of hydrogen-bond donors (Lipinski definition) is 2. The van der Waals surface area contributed by atoms with Gasteiger partial charge < -0.3 is 20.1 Å². The van der Waals surface area contributed by atoms with Crippen molar-refractivity contribution in [1.29, 1.82) is 0 Å². The molecule has 2 aliphatic rings. The monoisotopic (exact) mass is 391 g/mol. The number of carbonyl (C=O) groups is 2. The molecule has 1 amide bonds. The molecule has 0 radical (unpaired) electrons. The summed E-state index contributed by atoms with van der Waals surface area (Å²) < 4.78 is 5.13. The molecule has 1 aromatic carbocycles. The number of anilines is 1. The number of nitro groups is 1. The summed E-state index contributed by atoms with van der Waals surface area (Å²) in [6.45, 7) is 5.78. The van der Waals surface area contributed by atoms with Crippen molar-refractivity contribution in [2.75, 3.05) is 31.2 Å². The van der Waals surface area contributed by atoms with Gasteiger partial charge in [-0.3, -0.25) is 14.9 Å². The lowest BCUT2D eigenvalue weighted by Gasteiger charge is -2.36. The van der Waals surface area contributed by atoms with Gasteiger partial charge in [0.05, 0.1) is 11.5 Å². The Hall–Kier alpha value is -2.68. The van der Waals surface area contributed by atoms with Crippen LogP contribution < -0.4 is 10.2 Å². The Morgan fingerprint density at radius 1 is 1.32 bits per heavy atom. The molecule has 2 fully saturated rings. The summed E-state index contributed by atoms with van der Waals surface area (Å²) in [6.07, 6.45) is 1.22. The van der Waals surface area contributed by atoms with Crippen LogP contribution in [0.15, 0.2) is 18.2 Å². The molecule has 0 bridgehead atoms. The first-order valence-corrected chi connectivity index (χ1v) is 9.39. The summed E-state index contributed by atoms with van der Waals surface area (Å²) in [4.78, 5) is 37.3. The number of carbonyl (C=O) groups excluding carboxylic acids is 1. The lowest BCUT2D eigenvalue weighted by atomic mass is 9.91. The van der Waals surface area contributed by atoms with Gasteiger partial charge in [0.15, 0.2) is 5.54 Å². The minimum absolute atomic E-state index is 0.0566. The van der Waals surface area contributed by atoms with Crippen LogP contribution in [0.25, 0.3) is 0 Å². The highest BCUT2D eigenvalue weighted by molar-refractivity contribution is 5.99. The molecule has 2 aliphatic heterocycles. The van der Waals surface area contributed by atoms with E-state index in [4.69, 9.17) is 4.74 Å². The van der Waals surface area contributed by atoms with Crippen molar-refractivity contribution in [3.8, 4) is 0 Å². The predicted octanol–water partition coefficient (Wildman–Crippen LogP) is 2.05. The standard InChI is InChI=1S/C19H25N3O6/c1-12-7-13(2)10-21(9-12)15-4-3-14(8-16(15)22(26)27)17(23)20-19(18(24)25)5-6-28-11-19/h3-4,8,12-13H,5-7,9-11H2,1-2H3,(H,20,23)(H,24,25). The first kappa shape index (κ1) is 20.1. The van der Waals surface area contributed by atoms with E-state index < -0.39 is 22.3 Å². The first-order chi connectivity index (χ1) is 13.2. The summed E-state index contributed by atoms with van der Waals surface area (Å²) >= 11 is 0. The summed E-state index contributed by atoms with van der Waals surface area (Å²) in [5.41, 5.74) is -1.11. The van der Waals surface area contributed by atoms with Gasteiger partial charge in [-0.15, -0.1) is 0 Å². The topological polar surface area (TPSA) is 122 Å². The van der Waals surface area contributed by atoms with E-state index in [2.05, 4.69) is 19.2 Å². The molecule has 1 aromatic rings. The van der Waals surface area contributed by atoms with Crippen LogP contribution in [0, 0.1) is 22.0 Å². The Balaban J connectivity index is 1.87. The zero-order chi connectivity index (χ0) is 20.5. The molecular weight excluding hydrogens is 366 g/mol. The smallest absolute Gasteiger partial charge is 0.331 e. The van der Waals surface area contributed by atoms with Gasteiger partial charge in [0.2, 0.25) is 0 Å². The second kappa shape index (κ2) is 7.75. The highest BCUT2D eigenvalue weighted by Crippen LogP contribution is 2.34. The summed E-state index contributed by atoms with van der Waals surface area (Å²) in [5.74, 6) is -1.00. The van der Waals surface area contributed by atoms with Crippen LogP contribution in [0.1, 0.15) is 37.0 Å². The second-order valence-corrected chi connectivity index (χ2v) is 7.96. The van der Waals surface area contributed by atoms with E-state index in [-0.39, 0.29) is 30.9 Å². The fourth-order valence-electron chi connectivity index (χ4n) is 4.11. The van der Waals surface area contributed by atoms with Crippen molar-refractivity contribution in [3.63, 3.8) is 0 Å². The maximum absolute atomic E-state index is 12.6. The fourth-order valence-corrected chi connectivity index (χ4v) is 4.11. The van der Waals surface area contributed by atoms with E-state index in [1.54, 1.807) is 6.07 Å². The first-order valence-electron chi connectivity index (χ1n) is 9.39. The van der Waals surface area contributed by atoms with Crippen molar-refractivity contribution in [2.45, 2.75) is 32.2 Å². The highest BCUT2D eigenvalue weighted by Gasteiger charge is 2.44. The van der Waals surface area contributed by atoms with E-state index in [1.165, 1.54) is 12.1 Å². The van der Waals surface area contributed by atoms with Gasteiger partial charge in [-0.2, -0.15) is 0 Å². The van der Waals surface area contributed by atoms with Crippen molar-refractivity contribution >= 4 is 23.3 Å². The number of nitrogens with zero attached hydrogens (tertiary/aromatic N) is 2. The van der Waals surface area contributed by atoms with Crippen molar-refractivity contribution in [3.05, 3.63) is 33.9 Å². The van der Waals surface area contributed by atoms with Gasteiger partial charge in [-0.05, 0) is 30.4 Å². The number of hydrogen-bond acceptors (Lipinski definition) is 6. The number of carboxylic acid groups (broad SMARTS) is 1. The molecule has 3 unspecified atom stereocenters. The number of rotatable bonds is 5. The molecule has 28 heavy (non-hydrogen) atoms. The normalized spacial score (nSPS) is 27.4. The summed E-state index contributed by atoms with van der Waals surface area (Å²) in [5, 5.41) is 23.6. The van der Waals surface area contributed by atoms with Crippen LogP contribution in [0.2, 0.25) is 0 Å². The Kier molecular flexibility index (Phi) is 5.55. The minimum Gasteiger partial charge on any atom is -0.479 e. The molecule has 2 saturated heterocycles. The molecule has 2 heterocycles. The van der Waals surface area contributed by atoms with Gasteiger partial charge in [-0.1, -0.05) is 13.8 Å². The van der Waals surface area contributed by atoms with Gasteiger partial charge >= 0.3 is 5.97 Å². The zero-order valence-electron chi connectivity index (χ0n) is 16.0. The van der Waals surface area contributed by atoms with Crippen molar-refractivity contribution in [2.24, 2.45) is 11.8 Å². The van der Waals surface area contributed by atoms with Gasteiger partial charge in [0.25, 0.3) is 11.6 Å². The molecule has 0 saturated carbocycles. The Morgan fingerprint density at radius 3 is 2.54 bits per heavy atom. The van der Waals surface area contributed by atoms with Crippen LogP contribution in [0.4, 0.5) is 11.4 Å². The number of carboxylic acids is 1. The Bertz CT molecular complexity index is 780. The molecule has 3 atom stereocenters. The van der Waals surface area contributed by atoms with Gasteiger partial charge in [-0.25, -0.2) is 4.79 Å². The number of nitrogens with one attached hydrogen (secondary N) is 1. The highest BCUT2D eigenvalue weighted by atomic mass is 16.6. The number of piperidine rings is 1. The van der Waals surface area contributed by atoms with E-state index >= 15 is 0 Å². The number of nitro benzene ring substituents is 1. The lowest BCUT2D eigenvalue weighted by Crippen LogP contribution is -2.55. The zero-order valence-corrected chi connectivity index (χ0v) is 16.0. The third kappa shape index (κ3) is 3.94.